The van der Waals surface area contributed by atoms with E-state index in [2.05, 4.69) is 26.4 Å². The minimum Gasteiger partial charge on any atom is -0.344 e. The molecule has 1 unspecified atom stereocenters. The summed E-state index contributed by atoms with van der Waals surface area (Å²) >= 11 is 1.35. The fourth-order valence-electron chi connectivity index (χ4n) is 2.58. The number of aromatic nitrogens is 3. The lowest BCUT2D eigenvalue weighted by Crippen LogP contribution is -2.31. The molecule has 5 nitrogen and oxygen atoms in total. The molecule has 0 aliphatic heterocycles. The molecule has 0 saturated heterocycles. The van der Waals surface area contributed by atoms with E-state index in [-0.39, 0.29) is 17.7 Å². The number of nitrogens with zero attached hydrogens (tertiary/aromatic N) is 2. The van der Waals surface area contributed by atoms with Gasteiger partial charge in [0.05, 0.1) is 11.8 Å². The maximum atomic E-state index is 11.7. The molecule has 1 saturated carbocycles. The van der Waals surface area contributed by atoms with Crippen LogP contribution < -0.4 is 5.32 Å². The Morgan fingerprint density at radius 1 is 1.57 bits per heavy atom. The normalized spacial score (nSPS) is 16.6. The van der Waals surface area contributed by atoms with E-state index in [9.17, 15) is 4.79 Å². The van der Waals surface area contributed by atoms with Crippen LogP contribution in [0.25, 0.3) is 0 Å². The first-order valence-electron chi connectivity index (χ1n) is 7.48. The molecular weight excluding hydrogens is 284 g/mol. The van der Waals surface area contributed by atoms with Crippen molar-refractivity contribution in [2.24, 2.45) is 5.92 Å². The molecule has 0 aromatic carbocycles. The van der Waals surface area contributed by atoms with Gasteiger partial charge in [-0.2, -0.15) is 0 Å². The molecule has 1 aliphatic rings. The summed E-state index contributed by atoms with van der Waals surface area (Å²) in [5.41, 5.74) is 0. The number of thioether (sulfide) groups is 1. The fraction of sp³-hybridized carbons (Fsp3) is 0.667. The van der Waals surface area contributed by atoms with Crippen LogP contribution in [0.3, 0.4) is 0 Å². The molecule has 114 valence electrons. The molecule has 1 heterocycles. The Morgan fingerprint density at radius 2 is 2.33 bits per heavy atom. The molecular formula is C15H22N4OS. The quantitative estimate of drug-likeness (QED) is 0.598. The fourth-order valence-corrected chi connectivity index (χ4v) is 3.34. The number of nitrogens with one attached hydrogen (secondary N) is 2. The molecule has 1 fully saturated rings. The second-order valence-electron chi connectivity index (χ2n) is 5.44. The third-order valence-corrected chi connectivity index (χ3v) is 4.75. The highest BCUT2D eigenvalue weighted by atomic mass is 32.2. The molecule has 1 aromatic rings. The number of aryl methyl sites for hydroxylation is 1. The van der Waals surface area contributed by atoms with Crippen LogP contribution in [-0.2, 0) is 11.2 Å². The molecule has 1 aromatic heterocycles. The molecule has 6 heteroatoms. The Labute approximate surface area is 130 Å². The molecule has 1 aliphatic carbocycles. The predicted octanol–water partition coefficient (Wildman–Crippen LogP) is 2.16. The molecule has 1 atom stereocenters. The molecule has 0 spiro atoms. The molecule has 21 heavy (non-hydrogen) atoms. The van der Waals surface area contributed by atoms with Crippen molar-refractivity contribution in [3.63, 3.8) is 0 Å². The third kappa shape index (κ3) is 5.09. The Bertz CT molecular complexity index is 502. The van der Waals surface area contributed by atoms with Gasteiger partial charge in [0.25, 0.3) is 0 Å². The van der Waals surface area contributed by atoms with Gasteiger partial charge >= 0.3 is 0 Å². The van der Waals surface area contributed by atoms with E-state index >= 15 is 0 Å². The molecule has 0 radical (unpaired) electrons. The summed E-state index contributed by atoms with van der Waals surface area (Å²) in [6, 6.07) is 0. The minimum atomic E-state index is -0.253. The number of amides is 1. The summed E-state index contributed by atoms with van der Waals surface area (Å²) in [5.74, 6) is 4.06. The number of hydrogen-bond acceptors (Lipinski definition) is 4. The summed E-state index contributed by atoms with van der Waals surface area (Å²) in [6.45, 7) is 2.08. The lowest BCUT2D eigenvalue weighted by molar-refractivity contribution is -0.120. The van der Waals surface area contributed by atoms with Gasteiger partial charge in [-0.25, -0.2) is 4.98 Å². The molecule has 2 N–H and O–H groups in total. The maximum absolute atomic E-state index is 11.7. The van der Waals surface area contributed by atoms with Crippen LogP contribution in [0.15, 0.2) is 5.16 Å². The average molecular weight is 306 g/mol. The van der Waals surface area contributed by atoms with Gasteiger partial charge in [-0.1, -0.05) is 43.4 Å². The number of terminal acetylenes is 1. The van der Waals surface area contributed by atoms with Crippen LogP contribution in [0.2, 0.25) is 0 Å². The van der Waals surface area contributed by atoms with E-state index in [1.54, 1.807) is 0 Å². The van der Waals surface area contributed by atoms with Gasteiger partial charge in [-0.3, -0.25) is 9.89 Å². The van der Waals surface area contributed by atoms with Crippen molar-refractivity contribution in [1.29, 1.82) is 0 Å². The number of hydrogen-bond donors (Lipinski definition) is 2. The Kier molecular flexibility index (Phi) is 6.12. The summed E-state index contributed by atoms with van der Waals surface area (Å²) < 4.78 is 0. The topological polar surface area (TPSA) is 70.7 Å². The number of carbonyl (C=O) groups is 1. The second kappa shape index (κ2) is 8.08. The van der Waals surface area contributed by atoms with E-state index < -0.39 is 0 Å². The van der Waals surface area contributed by atoms with Crippen molar-refractivity contribution >= 4 is 17.7 Å². The Hall–Kier alpha value is -1.48. The number of aromatic amines is 1. The highest BCUT2D eigenvalue weighted by Crippen LogP contribution is 2.28. The standard InChI is InChI=1S/C15H22N4OS/c1-3-10-16-14(20)11(2)21-15-17-13(18-19-15)9-8-12-6-4-5-7-12/h1,11-12H,4-10H2,2H3,(H,16,20)(H,17,18,19). The first kappa shape index (κ1) is 15.9. The summed E-state index contributed by atoms with van der Waals surface area (Å²) in [7, 11) is 0. The van der Waals surface area contributed by atoms with E-state index in [0.29, 0.717) is 5.16 Å². The van der Waals surface area contributed by atoms with Crippen molar-refractivity contribution in [2.75, 3.05) is 6.54 Å². The Balaban J connectivity index is 1.76. The monoisotopic (exact) mass is 306 g/mol. The van der Waals surface area contributed by atoms with E-state index in [4.69, 9.17) is 6.42 Å². The number of rotatable bonds is 7. The van der Waals surface area contributed by atoms with Crippen LogP contribution >= 0.6 is 11.8 Å². The zero-order valence-electron chi connectivity index (χ0n) is 12.4. The molecule has 0 bridgehead atoms. The largest absolute Gasteiger partial charge is 0.344 e. The van der Waals surface area contributed by atoms with Gasteiger partial charge in [0.2, 0.25) is 11.1 Å². The van der Waals surface area contributed by atoms with Gasteiger partial charge < -0.3 is 5.32 Å². The first-order chi connectivity index (χ1) is 10.2. The van der Waals surface area contributed by atoms with Crippen molar-refractivity contribution in [3.8, 4) is 12.3 Å². The van der Waals surface area contributed by atoms with Crippen molar-refractivity contribution in [3.05, 3.63) is 5.82 Å². The smallest absolute Gasteiger partial charge is 0.234 e. The lowest BCUT2D eigenvalue weighted by atomic mass is 10.0. The SMILES string of the molecule is C#CCNC(=O)C(C)Sc1n[nH]c(CCC2CCCC2)n1. The number of H-pyrrole nitrogens is 1. The third-order valence-electron chi connectivity index (χ3n) is 3.79. The van der Waals surface area contributed by atoms with Crippen LogP contribution in [0.5, 0.6) is 0 Å². The van der Waals surface area contributed by atoms with E-state index in [1.807, 2.05) is 6.92 Å². The van der Waals surface area contributed by atoms with Gasteiger partial charge in [-0.05, 0) is 19.3 Å². The first-order valence-corrected chi connectivity index (χ1v) is 8.36. The van der Waals surface area contributed by atoms with Gasteiger partial charge in [0, 0.05) is 6.42 Å². The highest BCUT2D eigenvalue weighted by Gasteiger charge is 2.18. The maximum Gasteiger partial charge on any atom is 0.234 e. The average Bonchev–Trinajstić information content (AvgIpc) is 3.13. The lowest BCUT2D eigenvalue weighted by Gasteiger charge is -2.07. The van der Waals surface area contributed by atoms with Crippen LogP contribution in [0.1, 0.15) is 44.9 Å². The summed E-state index contributed by atoms with van der Waals surface area (Å²) in [5, 5.41) is 10.2. The number of carbonyl (C=O) groups excluding carboxylic acids is 1. The zero-order valence-corrected chi connectivity index (χ0v) is 13.2. The van der Waals surface area contributed by atoms with Crippen LogP contribution in [0.4, 0.5) is 0 Å². The van der Waals surface area contributed by atoms with Crippen molar-refractivity contribution < 1.29 is 4.79 Å². The van der Waals surface area contributed by atoms with E-state index in [0.717, 1.165) is 18.2 Å². The summed E-state index contributed by atoms with van der Waals surface area (Å²) in [6.07, 6.45) is 12.7. The van der Waals surface area contributed by atoms with Gasteiger partial charge in [-0.15, -0.1) is 11.5 Å². The van der Waals surface area contributed by atoms with Crippen LogP contribution in [-0.4, -0.2) is 32.9 Å². The van der Waals surface area contributed by atoms with Crippen LogP contribution in [0, 0.1) is 18.3 Å². The molecule has 2 rings (SSSR count). The highest BCUT2D eigenvalue weighted by molar-refractivity contribution is 8.00. The van der Waals surface area contributed by atoms with Crippen molar-refractivity contribution in [1.82, 2.24) is 20.5 Å². The van der Waals surface area contributed by atoms with Crippen molar-refractivity contribution in [2.45, 2.75) is 55.9 Å². The second-order valence-corrected chi connectivity index (χ2v) is 6.74. The molecule has 1 amide bonds. The van der Waals surface area contributed by atoms with Gasteiger partial charge in [0.15, 0.2) is 0 Å². The predicted molar refractivity (Wildman–Crippen MR) is 83.8 cm³/mol. The summed E-state index contributed by atoms with van der Waals surface area (Å²) in [4.78, 5) is 16.2. The van der Waals surface area contributed by atoms with Gasteiger partial charge in [0.1, 0.15) is 5.82 Å². The zero-order chi connectivity index (χ0) is 15.1. The van der Waals surface area contributed by atoms with E-state index in [1.165, 1.54) is 43.9 Å². The Morgan fingerprint density at radius 3 is 3.05 bits per heavy atom. The minimum absolute atomic E-state index is 0.0877.